The largest absolute Gasteiger partial charge is 0.462 e. The molecule has 0 aliphatic carbocycles. The Morgan fingerprint density at radius 2 is 0.591 bits per heavy atom. The van der Waals surface area contributed by atoms with E-state index < -0.39 is 6.10 Å². The Balaban J connectivity index is 4.49. The van der Waals surface area contributed by atoms with Crippen LogP contribution < -0.4 is 0 Å². The zero-order valence-corrected chi connectivity index (χ0v) is 42.7. The number of ether oxygens (including phenoxy) is 3. The fraction of sp³-hybridized carbons (Fsp3) is 0.650. The first kappa shape index (κ1) is 62.1. The van der Waals surface area contributed by atoms with Gasteiger partial charge in [0.15, 0.2) is 6.10 Å². The molecule has 0 aliphatic heterocycles. The minimum Gasteiger partial charge on any atom is -0.462 e. The highest BCUT2D eigenvalue weighted by molar-refractivity contribution is 5.71. The maximum Gasteiger partial charge on any atom is 0.306 e. The molecule has 6 nitrogen and oxygen atoms in total. The maximum atomic E-state index is 12.8. The van der Waals surface area contributed by atoms with Gasteiger partial charge in [0.2, 0.25) is 0 Å². The molecule has 0 bridgehead atoms. The molecule has 0 saturated carbocycles. The van der Waals surface area contributed by atoms with Crippen LogP contribution in [-0.4, -0.2) is 37.2 Å². The highest BCUT2D eigenvalue weighted by Gasteiger charge is 2.19. The number of carbonyl (C=O) groups excluding carboxylic acids is 3. The van der Waals surface area contributed by atoms with Crippen molar-refractivity contribution in [2.45, 2.75) is 239 Å². The standard InChI is InChI=1S/C60H98O6/c1-4-7-10-13-16-19-22-25-27-29-30-31-33-35-38-41-44-47-50-53-59(62)65-56-57(55-64-58(61)52-49-46-43-40-37-34-24-21-18-15-12-9-6-3)66-60(63)54-51-48-45-42-39-36-32-28-26-23-20-17-14-11-8-5-2/h7-8,10-11,16-17,19-20,25-28,30-31,34-35,37-38,57H,4-6,9,12-15,18,21-24,29,32-33,36,39-56H2,1-3H3/b10-7-,11-8-,19-16-,20-17-,27-25-,28-26-,31-30-,37-34-,38-35-. The second-order valence-electron chi connectivity index (χ2n) is 17.4. The van der Waals surface area contributed by atoms with Crippen LogP contribution in [0.2, 0.25) is 0 Å². The Hall–Kier alpha value is -3.93. The second-order valence-corrected chi connectivity index (χ2v) is 17.4. The van der Waals surface area contributed by atoms with Crippen LogP contribution in [0.3, 0.4) is 0 Å². The SMILES string of the molecule is CC/C=C\C/C=C\C/C=C\C/C=C\C/C=C\CCCCCC(=O)OCC(COC(=O)CCCCC/C=C\CCCCCCCC)OC(=O)CCCCCCCC/C=C\C/C=C\C/C=C\CC. The number of esters is 3. The molecular formula is C60H98O6. The number of hydrogen-bond acceptors (Lipinski definition) is 6. The molecule has 1 atom stereocenters. The molecule has 0 fully saturated rings. The summed E-state index contributed by atoms with van der Waals surface area (Å²) in [5.74, 6) is -0.968. The highest BCUT2D eigenvalue weighted by Crippen LogP contribution is 2.13. The van der Waals surface area contributed by atoms with Gasteiger partial charge in [-0.1, -0.05) is 201 Å². The molecule has 0 aromatic carbocycles. The van der Waals surface area contributed by atoms with Crippen LogP contribution in [0.25, 0.3) is 0 Å². The van der Waals surface area contributed by atoms with E-state index in [1.165, 1.54) is 51.4 Å². The van der Waals surface area contributed by atoms with Gasteiger partial charge in [-0.15, -0.1) is 0 Å². The van der Waals surface area contributed by atoms with Crippen molar-refractivity contribution in [3.05, 3.63) is 109 Å². The van der Waals surface area contributed by atoms with Crippen LogP contribution in [0.4, 0.5) is 0 Å². The number of allylic oxidation sites excluding steroid dienone is 18. The maximum absolute atomic E-state index is 12.8. The molecule has 1 unspecified atom stereocenters. The van der Waals surface area contributed by atoms with Crippen molar-refractivity contribution in [1.82, 2.24) is 0 Å². The molecule has 0 radical (unpaired) electrons. The summed E-state index contributed by atoms with van der Waals surface area (Å²) in [4.78, 5) is 38.0. The van der Waals surface area contributed by atoms with Crippen molar-refractivity contribution >= 4 is 17.9 Å². The molecule has 0 N–H and O–H groups in total. The normalized spacial score (nSPS) is 13.0. The third kappa shape index (κ3) is 51.1. The highest BCUT2D eigenvalue weighted by atomic mass is 16.6. The van der Waals surface area contributed by atoms with Crippen LogP contribution in [0, 0.1) is 0 Å². The van der Waals surface area contributed by atoms with Crippen molar-refractivity contribution in [3.8, 4) is 0 Å². The van der Waals surface area contributed by atoms with Crippen molar-refractivity contribution in [1.29, 1.82) is 0 Å². The molecule has 0 heterocycles. The van der Waals surface area contributed by atoms with E-state index in [-0.39, 0.29) is 31.1 Å². The Kier molecular flexibility index (Phi) is 50.5. The average Bonchev–Trinajstić information content (AvgIpc) is 3.31. The molecular weight excluding hydrogens is 817 g/mol. The third-order valence-electron chi connectivity index (χ3n) is 11.0. The van der Waals surface area contributed by atoms with Crippen LogP contribution in [0.15, 0.2) is 109 Å². The first-order valence-electron chi connectivity index (χ1n) is 26.9. The summed E-state index contributed by atoms with van der Waals surface area (Å²) in [6, 6.07) is 0. The lowest BCUT2D eigenvalue weighted by atomic mass is 10.1. The van der Waals surface area contributed by atoms with Gasteiger partial charge >= 0.3 is 17.9 Å². The Morgan fingerprint density at radius 3 is 0.955 bits per heavy atom. The average molecular weight is 915 g/mol. The Labute approximate surface area is 406 Å². The predicted molar refractivity (Wildman–Crippen MR) is 283 cm³/mol. The number of carbonyl (C=O) groups is 3. The molecule has 0 aliphatic rings. The topological polar surface area (TPSA) is 78.9 Å². The van der Waals surface area contributed by atoms with Crippen molar-refractivity contribution < 1.29 is 28.6 Å². The second kappa shape index (κ2) is 53.7. The predicted octanol–water partition coefficient (Wildman–Crippen LogP) is 17.9. The van der Waals surface area contributed by atoms with Gasteiger partial charge in [-0.05, 0) is 122 Å². The van der Waals surface area contributed by atoms with E-state index in [1.807, 2.05) is 0 Å². The molecule has 0 saturated heterocycles. The van der Waals surface area contributed by atoms with E-state index in [1.54, 1.807) is 0 Å². The summed E-state index contributed by atoms with van der Waals surface area (Å²) in [5.41, 5.74) is 0. The Bertz CT molecular complexity index is 1370. The van der Waals surface area contributed by atoms with Gasteiger partial charge in [-0.3, -0.25) is 14.4 Å². The zero-order valence-electron chi connectivity index (χ0n) is 42.7. The number of rotatable bonds is 47. The molecule has 0 aromatic rings. The van der Waals surface area contributed by atoms with E-state index in [0.717, 1.165) is 141 Å². The quantitative estimate of drug-likeness (QED) is 0.0262. The summed E-state index contributed by atoms with van der Waals surface area (Å²) in [6.07, 6.45) is 72.1. The van der Waals surface area contributed by atoms with Gasteiger partial charge in [0, 0.05) is 19.3 Å². The van der Waals surface area contributed by atoms with E-state index in [2.05, 4.69) is 130 Å². The van der Waals surface area contributed by atoms with Crippen LogP contribution in [0.5, 0.6) is 0 Å². The van der Waals surface area contributed by atoms with Gasteiger partial charge in [0.25, 0.3) is 0 Å². The summed E-state index contributed by atoms with van der Waals surface area (Å²) < 4.78 is 16.8. The summed E-state index contributed by atoms with van der Waals surface area (Å²) in [6.45, 7) is 6.34. The van der Waals surface area contributed by atoms with Gasteiger partial charge in [0.1, 0.15) is 13.2 Å². The van der Waals surface area contributed by atoms with Gasteiger partial charge in [-0.2, -0.15) is 0 Å². The van der Waals surface area contributed by atoms with E-state index in [0.29, 0.717) is 19.3 Å². The van der Waals surface area contributed by atoms with E-state index in [9.17, 15) is 14.4 Å². The zero-order chi connectivity index (χ0) is 47.9. The fourth-order valence-electron chi connectivity index (χ4n) is 7.01. The van der Waals surface area contributed by atoms with E-state index in [4.69, 9.17) is 14.2 Å². The molecule has 0 rings (SSSR count). The first-order valence-corrected chi connectivity index (χ1v) is 26.9. The lowest BCUT2D eigenvalue weighted by Gasteiger charge is -2.18. The van der Waals surface area contributed by atoms with Crippen LogP contribution in [0.1, 0.15) is 233 Å². The number of hydrogen-bond donors (Lipinski definition) is 0. The summed E-state index contributed by atoms with van der Waals surface area (Å²) in [5, 5.41) is 0. The fourth-order valence-corrected chi connectivity index (χ4v) is 7.01. The minimum absolute atomic E-state index is 0.104. The van der Waals surface area contributed by atoms with E-state index >= 15 is 0 Å². The minimum atomic E-state index is -0.807. The summed E-state index contributed by atoms with van der Waals surface area (Å²) >= 11 is 0. The van der Waals surface area contributed by atoms with Crippen LogP contribution in [-0.2, 0) is 28.6 Å². The first-order chi connectivity index (χ1) is 32.5. The lowest BCUT2D eigenvalue weighted by Crippen LogP contribution is -2.30. The number of unbranched alkanes of at least 4 members (excludes halogenated alkanes) is 18. The molecule has 0 amide bonds. The monoisotopic (exact) mass is 915 g/mol. The smallest absolute Gasteiger partial charge is 0.306 e. The van der Waals surface area contributed by atoms with Gasteiger partial charge < -0.3 is 14.2 Å². The molecule has 0 spiro atoms. The molecule has 66 heavy (non-hydrogen) atoms. The van der Waals surface area contributed by atoms with Crippen molar-refractivity contribution in [2.24, 2.45) is 0 Å². The Morgan fingerprint density at radius 1 is 0.318 bits per heavy atom. The lowest BCUT2D eigenvalue weighted by molar-refractivity contribution is -0.167. The van der Waals surface area contributed by atoms with Crippen LogP contribution >= 0.6 is 0 Å². The van der Waals surface area contributed by atoms with Crippen molar-refractivity contribution in [3.63, 3.8) is 0 Å². The molecule has 0 aromatic heterocycles. The van der Waals surface area contributed by atoms with Crippen molar-refractivity contribution in [2.75, 3.05) is 13.2 Å². The van der Waals surface area contributed by atoms with Gasteiger partial charge in [0.05, 0.1) is 0 Å². The summed E-state index contributed by atoms with van der Waals surface area (Å²) in [7, 11) is 0. The molecule has 374 valence electrons. The van der Waals surface area contributed by atoms with Gasteiger partial charge in [-0.25, -0.2) is 0 Å². The molecule has 6 heteroatoms. The third-order valence-corrected chi connectivity index (χ3v) is 11.0.